The van der Waals surface area contributed by atoms with Crippen LogP contribution in [0.1, 0.15) is 43.5 Å². The third-order valence-corrected chi connectivity index (χ3v) is 7.24. The second kappa shape index (κ2) is 16.5. The number of hydrazone groups is 1. The first-order valence-corrected chi connectivity index (χ1v) is 15.3. The van der Waals surface area contributed by atoms with Gasteiger partial charge in [-0.05, 0) is 89.8 Å². The summed E-state index contributed by atoms with van der Waals surface area (Å²) in [5.74, 6) is -0.0428. The molecule has 14 heteroatoms. The second-order valence-corrected chi connectivity index (χ2v) is 10.8. The molecule has 47 heavy (non-hydrogen) atoms. The van der Waals surface area contributed by atoms with Gasteiger partial charge in [-0.25, -0.2) is 19.4 Å². The highest BCUT2D eigenvalue weighted by molar-refractivity contribution is 9.10. The largest absolute Gasteiger partial charge is 0.493 e. The molecule has 0 radical (unpaired) electrons. The smallest absolute Gasteiger partial charge is 0.338 e. The number of carbonyl (C=O) groups excluding carboxylic acids is 3. The van der Waals surface area contributed by atoms with E-state index in [-0.39, 0.29) is 42.7 Å². The lowest BCUT2D eigenvalue weighted by Gasteiger charge is -2.28. The fourth-order valence-corrected chi connectivity index (χ4v) is 5.18. The number of halogens is 2. The Hall–Kier alpha value is -5.11. The molecule has 1 aliphatic rings. The minimum absolute atomic E-state index is 0.132. The van der Waals surface area contributed by atoms with Gasteiger partial charge in [-0.1, -0.05) is 18.2 Å². The molecule has 12 nitrogen and oxygen atoms in total. The molecule has 248 valence electrons. The average molecular weight is 714 g/mol. The molecule has 0 aliphatic carbocycles. The summed E-state index contributed by atoms with van der Waals surface area (Å²) in [6, 6.07) is 13.1. The van der Waals surface area contributed by atoms with Crippen molar-refractivity contribution in [3.63, 3.8) is 0 Å². The first-order chi connectivity index (χ1) is 22.6. The van der Waals surface area contributed by atoms with Crippen LogP contribution in [0.15, 0.2) is 75.4 Å². The van der Waals surface area contributed by atoms with E-state index < -0.39 is 23.9 Å². The van der Waals surface area contributed by atoms with Crippen LogP contribution in [-0.2, 0) is 20.9 Å². The van der Waals surface area contributed by atoms with Crippen molar-refractivity contribution in [1.29, 1.82) is 0 Å². The summed E-state index contributed by atoms with van der Waals surface area (Å²) in [5.41, 5.74) is 4.85. The van der Waals surface area contributed by atoms with Gasteiger partial charge in [0.1, 0.15) is 12.4 Å². The molecule has 3 aromatic carbocycles. The second-order valence-electron chi connectivity index (χ2n) is 9.96. The van der Waals surface area contributed by atoms with E-state index in [1.807, 2.05) is 6.92 Å². The summed E-state index contributed by atoms with van der Waals surface area (Å²) >= 11 is 3.49. The van der Waals surface area contributed by atoms with Crippen LogP contribution in [0.25, 0.3) is 0 Å². The van der Waals surface area contributed by atoms with Gasteiger partial charge in [-0.3, -0.25) is 4.79 Å². The summed E-state index contributed by atoms with van der Waals surface area (Å²) in [7, 11) is 1.43. The van der Waals surface area contributed by atoms with Crippen molar-refractivity contribution in [3.8, 4) is 23.0 Å². The molecule has 0 spiro atoms. The van der Waals surface area contributed by atoms with Gasteiger partial charge >= 0.3 is 12.0 Å². The Morgan fingerprint density at radius 2 is 1.83 bits per heavy atom. The van der Waals surface area contributed by atoms with Crippen LogP contribution in [0.5, 0.6) is 23.0 Å². The molecule has 1 aliphatic heterocycles. The topological polar surface area (TPSA) is 146 Å². The number of nitrogens with zero attached hydrogens (tertiary/aromatic N) is 1. The predicted molar refractivity (Wildman–Crippen MR) is 174 cm³/mol. The zero-order chi connectivity index (χ0) is 33.9. The van der Waals surface area contributed by atoms with Gasteiger partial charge in [0.2, 0.25) is 0 Å². The number of carbonyl (C=O) groups is 3. The molecule has 3 amide bonds. The van der Waals surface area contributed by atoms with Crippen LogP contribution in [0.3, 0.4) is 0 Å². The van der Waals surface area contributed by atoms with E-state index in [0.717, 1.165) is 0 Å². The maximum Gasteiger partial charge on any atom is 0.338 e. The molecular formula is C33H34BrFN4O8. The highest BCUT2D eigenvalue weighted by Crippen LogP contribution is 2.37. The molecule has 4 rings (SSSR count). The van der Waals surface area contributed by atoms with E-state index in [2.05, 4.69) is 37.1 Å². The SMILES string of the molecule is CCOC(=O)C1=C(C)NC(=O)N[C@@H]1c1ccc(OCC(=O)N/N=C\c2cc(Br)c(OCc3cccc(F)c3)c(OCC)c2)c(OC)c1. The number of amides is 3. The van der Waals surface area contributed by atoms with Gasteiger partial charge in [-0.2, -0.15) is 5.10 Å². The molecule has 3 aromatic rings. The van der Waals surface area contributed by atoms with Crippen LogP contribution < -0.4 is 35.0 Å². The van der Waals surface area contributed by atoms with E-state index in [1.54, 1.807) is 56.3 Å². The third kappa shape index (κ3) is 9.22. The number of urea groups is 1. The molecule has 0 bridgehead atoms. The minimum atomic E-state index is -0.791. The lowest BCUT2D eigenvalue weighted by atomic mass is 9.95. The third-order valence-electron chi connectivity index (χ3n) is 6.65. The Balaban J connectivity index is 1.39. The zero-order valence-electron chi connectivity index (χ0n) is 26.1. The number of benzene rings is 3. The number of hydrogen-bond donors (Lipinski definition) is 3. The van der Waals surface area contributed by atoms with Gasteiger partial charge in [-0.15, -0.1) is 0 Å². The van der Waals surface area contributed by atoms with Crippen molar-refractivity contribution < 1.29 is 42.5 Å². The quantitative estimate of drug-likeness (QED) is 0.116. The molecule has 1 atom stereocenters. The molecular weight excluding hydrogens is 679 g/mol. The lowest BCUT2D eigenvalue weighted by Crippen LogP contribution is -2.45. The Bertz CT molecular complexity index is 1700. The predicted octanol–water partition coefficient (Wildman–Crippen LogP) is 5.29. The summed E-state index contributed by atoms with van der Waals surface area (Å²) in [5, 5.41) is 9.32. The Kier molecular flexibility index (Phi) is 12.2. The number of nitrogens with one attached hydrogen (secondary N) is 3. The van der Waals surface area contributed by atoms with Gasteiger partial charge < -0.3 is 34.3 Å². The Morgan fingerprint density at radius 3 is 2.55 bits per heavy atom. The number of allylic oxidation sites excluding steroid dienone is 1. The molecule has 0 saturated heterocycles. The zero-order valence-corrected chi connectivity index (χ0v) is 27.7. The van der Waals surface area contributed by atoms with Crippen LogP contribution in [0.4, 0.5) is 9.18 Å². The summed E-state index contributed by atoms with van der Waals surface area (Å²) in [4.78, 5) is 37.3. The maximum atomic E-state index is 13.5. The fourth-order valence-electron chi connectivity index (χ4n) is 4.61. The number of ether oxygens (including phenoxy) is 5. The van der Waals surface area contributed by atoms with Crippen molar-refractivity contribution in [3.05, 3.63) is 92.8 Å². The lowest BCUT2D eigenvalue weighted by molar-refractivity contribution is -0.139. The first kappa shape index (κ1) is 34.8. The van der Waals surface area contributed by atoms with Gasteiger partial charge in [0.05, 0.1) is 42.6 Å². The van der Waals surface area contributed by atoms with Crippen molar-refractivity contribution >= 4 is 40.1 Å². The van der Waals surface area contributed by atoms with Crippen molar-refractivity contribution in [2.24, 2.45) is 5.10 Å². The fraction of sp³-hybridized carbons (Fsp3) is 0.273. The van der Waals surface area contributed by atoms with E-state index in [4.69, 9.17) is 23.7 Å². The number of esters is 1. The van der Waals surface area contributed by atoms with E-state index >= 15 is 0 Å². The van der Waals surface area contributed by atoms with Crippen LogP contribution in [0, 0.1) is 5.82 Å². The molecule has 0 unspecified atom stereocenters. The van der Waals surface area contributed by atoms with Crippen molar-refractivity contribution in [2.45, 2.75) is 33.4 Å². The molecule has 1 heterocycles. The first-order valence-electron chi connectivity index (χ1n) is 14.5. The number of hydrogen-bond acceptors (Lipinski definition) is 9. The van der Waals surface area contributed by atoms with Crippen LogP contribution in [0.2, 0.25) is 0 Å². The van der Waals surface area contributed by atoms with Gasteiger partial charge in [0, 0.05) is 5.70 Å². The minimum Gasteiger partial charge on any atom is -0.493 e. The highest BCUT2D eigenvalue weighted by atomic mass is 79.9. The average Bonchev–Trinajstić information content (AvgIpc) is 3.03. The summed E-state index contributed by atoms with van der Waals surface area (Å²) < 4.78 is 42.1. The molecule has 3 N–H and O–H groups in total. The van der Waals surface area contributed by atoms with Crippen LogP contribution in [-0.4, -0.2) is 51.1 Å². The van der Waals surface area contributed by atoms with Crippen molar-refractivity contribution in [2.75, 3.05) is 26.9 Å². The summed E-state index contributed by atoms with van der Waals surface area (Å²) in [6.07, 6.45) is 1.43. The van der Waals surface area contributed by atoms with Gasteiger partial charge in [0.15, 0.2) is 29.6 Å². The number of rotatable bonds is 14. The van der Waals surface area contributed by atoms with Crippen molar-refractivity contribution in [1.82, 2.24) is 16.1 Å². The summed E-state index contributed by atoms with van der Waals surface area (Å²) in [6.45, 7) is 5.43. The monoisotopic (exact) mass is 712 g/mol. The molecule has 0 fully saturated rings. The molecule has 0 saturated carbocycles. The maximum absolute atomic E-state index is 13.5. The van der Waals surface area contributed by atoms with Gasteiger partial charge in [0.25, 0.3) is 5.91 Å². The Labute approximate surface area is 279 Å². The number of methoxy groups -OCH3 is 1. The standard InChI is InChI=1S/C33H34BrFN4O8/c1-5-44-27-14-21(13-24(34)31(27)47-17-20-8-7-9-23(35)12-20)16-36-39-28(40)18-46-25-11-10-22(15-26(25)43-4)30-29(32(41)45-6-2)19(3)37-33(42)38-30/h7-16,30H,5-6,17-18H2,1-4H3,(H,39,40)(H2,37,38,42)/b36-16-/t30-/m1/s1. The van der Waals surface area contributed by atoms with E-state index in [9.17, 15) is 18.8 Å². The van der Waals surface area contributed by atoms with Crippen LogP contribution >= 0.6 is 15.9 Å². The highest BCUT2D eigenvalue weighted by Gasteiger charge is 2.32. The van der Waals surface area contributed by atoms with E-state index in [1.165, 1.54) is 25.5 Å². The molecule has 0 aromatic heterocycles. The Morgan fingerprint density at radius 1 is 1.02 bits per heavy atom. The van der Waals surface area contributed by atoms with E-state index in [0.29, 0.717) is 45.0 Å². The normalized spacial score (nSPS) is 14.3.